The van der Waals surface area contributed by atoms with Crippen LogP contribution in [0.3, 0.4) is 0 Å². The summed E-state index contributed by atoms with van der Waals surface area (Å²) in [4.78, 5) is 2.57. The largest absolute Gasteiger partial charge is 0.315 e. The molecule has 80 valence electrons. The molecule has 0 aromatic heterocycles. The summed E-state index contributed by atoms with van der Waals surface area (Å²) in [6.07, 6.45) is 4.01. The van der Waals surface area contributed by atoms with E-state index in [1.807, 2.05) is 13.8 Å². The van der Waals surface area contributed by atoms with Crippen molar-refractivity contribution in [2.75, 3.05) is 32.7 Å². The maximum absolute atomic E-state index is 3.41. The summed E-state index contributed by atoms with van der Waals surface area (Å²) in [5.74, 6) is 0. The van der Waals surface area contributed by atoms with E-state index >= 15 is 0 Å². The molecule has 0 aromatic rings. The van der Waals surface area contributed by atoms with Crippen molar-refractivity contribution in [2.45, 2.75) is 40.0 Å². The first-order valence-corrected chi connectivity index (χ1v) is 5.86. The smallest absolute Gasteiger partial charge is 0.0107 e. The molecule has 13 heavy (non-hydrogen) atoms. The average molecular weight is 186 g/mol. The van der Waals surface area contributed by atoms with Crippen LogP contribution in [-0.2, 0) is 0 Å². The first kappa shape index (κ1) is 12.9. The molecule has 2 nitrogen and oxygen atoms in total. The minimum Gasteiger partial charge on any atom is -0.315 e. The molecule has 1 saturated heterocycles. The Balaban J connectivity index is 0.000000671. The Kier molecular flexibility index (Phi) is 9.94. The van der Waals surface area contributed by atoms with E-state index in [1.165, 1.54) is 52.0 Å². The molecule has 0 amide bonds. The fourth-order valence-electron chi connectivity index (χ4n) is 1.51. The van der Waals surface area contributed by atoms with Crippen LogP contribution in [0.4, 0.5) is 0 Å². The van der Waals surface area contributed by atoms with Gasteiger partial charge >= 0.3 is 0 Å². The van der Waals surface area contributed by atoms with Crippen LogP contribution in [-0.4, -0.2) is 37.6 Å². The highest BCUT2D eigenvalue weighted by atomic mass is 15.1. The van der Waals surface area contributed by atoms with Crippen molar-refractivity contribution in [3.8, 4) is 0 Å². The van der Waals surface area contributed by atoms with Gasteiger partial charge in [-0.05, 0) is 32.5 Å². The molecule has 1 N–H and O–H groups in total. The minimum absolute atomic E-state index is 1.18. The van der Waals surface area contributed by atoms with Gasteiger partial charge in [0, 0.05) is 13.1 Å². The van der Waals surface area contributed by atoms with Crippen LogP contribution in [0.25, 0.3) is 0 Å². The second-order valence-corrected chi connectivity index (χ2v) is 3.30. The van der Waals surface area contributed by atoms with E-state index in [2.05, 4.69) is 17.1 Å². The molecule has 1 rings (SSSR count). The Morgan fingerprint density at radius 2 is 1.92 bits per heavy atom. The van der Waals surface area contributed by atoms with Crippen LogP contribution in [0.5, 0.6) is 0 Å². The molecular formula is C11H26N2. The maximum Gasteiger partial charge on any atom is 0.0107 e. The summed E-state index contributed by atoms with van der Waals surface area (Å²) in [6, 6.07) is 0. The van der Waals surface area contributed by atoms with E-state index in [9.17, 15) is 0 Å². The van der Waals surface area contributed by atoms with Crippen LogP contribution in [0, 0.1) is 0 Å². The quantitative estimate of drug-likeness (QED) is 0.726. The van der Waals surface area contributed by atoms with Gasteiger partial charge in [-0.15, -0.1) is 0 Å². The van der Waals surface area contributed by atoms with Crippen molar-refractivity contribution in [1.82, 2.24) is 10.2 Å². The van der Waals surface area contributed by atoms with Gasteiger partial charge in [-0.25, -0.2) is 0 Å². The monoisotopic (exact) mass is 186 g/mol. The zero-order valence-corrected chi connectivity index (χ0v) is 9.60. The van der Waals surface area contributed by atoms with E-state index in [0.29, 0.717) is 0 Å². The number of hydrogen-bond acceptors (Lipinski definition) is 2. The zero-order chi connectivity index (χ0) is 9.94. The van der Waals surface area contributed by atoms with Crippen molar-refractivity contribution in [3.63, 3.8) is 0 Å². The summed E-state index contributed by atoms with van der Waals surface area (Å²) in [6.45, 7) is 12.5. The van der Waals surface area contributed by atoms with Crippen molar-refractivity contribution in [1.29, 1.82) is 0 Å². The average Bonchev–Trinajstić information content (AvgIpc) is 2.46. The van der Waals surface area contributed by atoms with Crippen LogP contribution < -0.4 is 5.32 Å². The molecule has 1 aliphatic rings. The highest BCUT2D eigenvalue weighted by Gasteiger charge is 2.06. The summed E-state index contributed by atoms with van der Waals surface area (Å²) < 4.78 is 0. The molecule has 0 spiro atoms. The lowest BCUT2D eigenvalue weighted by Gasteiger charge is -2.18. The lowest BCUT2D eigenvalue weighted by atomic mass is 10.3. The SMILES string of the molecule is CC.CCCCN1CCCNCC1. The van der Waals surface area contributed by atoms with Crippen LogP contribution >= 0.6 is 0 Å². The minimum atomic E-state index is 1.18. The van der Waals surface area contributed by atoms with Crippen molar-refractivity contribution in [2.24, 2.45) is 0 Å². The third-order valence-corrected chi connectivity index (χ3v) is 2.26. The molecular weight excluding hydrogens is 160 g/mol. The van der Waals surface area contributed by atoms with Gasteiger partial charge in [0.05, 0.1) is 0 Å². The molecule has 0 radical (unpaired) electrons. The molecule has 0 aromatic carbocycles. The lowest BCUT2D eigenvalue weighted by molar-refractivity contribution is 0.288. The maximum atomic E-state index is 3.41. The van der Waals surface area contributed by atoms with Gasteiger partial charge in [0.15, 0.2) is 0 Å². The van der Waals surface area contributed by atoms with E-state index in [4.69, 9.17) is 0 Å². The van der Waals surface area contributed by atoms with Crippen molar-refractivity contribution in [3.05, 3.63) is 0 Å². The normalized spacial score (nSPS) is 18.7. The highest BCUT2D eigenvalue weighted by Crippen LogP contribution is 1.98. The Hall–Kier alpha value is -0.0800. The number of hydrogen-bond donors (Lipinski definition) is 1. The van der Waals surface area contributed by atoms with Gasteiger partial charge < -0.3 is 10.2 Å². The standard InChI is InChI=1S/C9H20N2.C2H6/c1-2-3-7-11-8-4-5-10-6-9-11;1-2/h10H,2-9H2,1H3;1-2H3. The van der Waals surface area contributed by atoms with Crippen molar-refractivity contribution >= 4 is 0 Å². The number of rotatable bonds is 3. The molecule has 0 unspecified atom stereocenters. The Morgan fingerprint density at radius 1 is 1.15 bits per heavy atom. The third kappa shape index (κ3) is 7.03. The molecule has 0 saturated carbocycles. The van der Waals surface area contributed by atoms with Gasteiger partial charge in [-0.2, -0.15) is 0 Å². The lowest BCUT2D eigenvalue weighted by Crippen LogP contribution is -2.28. The highest BCUT2D eigenvalue weighted by molar-refractivity contribution is 4.64. The van der Waals surface area contributed by atoms with Gasteiger partial charge in [0.25, 0.3) is 0 Å². The van der Waals surface area contributed by atoms with Crippen molar-refractivity contribution < 1.29 is 0 Å². The van der Waals surface area contributed by atoms with Gasteiger partial charge in [0.1, 0.15) is 0 Å². The fraction of sp³-hybridized carbons (Fsp3) is 1.00. The van der Waals surface area contributed by atoms with Gasteiger partial charge in [0.2, 0.25) is 0 Å². The van der Waals surface area contributed by atoms with Crippen LogP contribution in [0.15, 0.2) is 0 Å². The second kappa shape index (κ2) is 10.0. The molecule has 1 fully saturated rings. The fourth-order valence-corrected chi connectivity index (χ4v) is 1.51. The van der Waals surface area contributed by atoms with Gasteiger partial charge in [-0.1, -0.05) is 27.2 Å². The number of unbranched alkanes of at least 4 members (excludes halogenated alkanes) is 1. The van der Waals surface area contributed by atoms with Crippen LogP contribution in [0.1, 0.15) is 40.0 Å². The molecule has 1 heterocycles. The summed E-state index contributed by atoms with van der Waals surface area (Å²) >= 11 is 0. The van der Waals surface area contributed by atoms with E-state index in [0.717, 1.165) is 0 Å². The third-order valence-electron chi connectivity index (χ3n) is 2.26. The Labute approximate surface area is 83.7 Å². The molecule has 2 heteroatoms. The van der Waals surface area contributed by atoms with Gasteiger partial charge in [-0.3, -0.25) is 0 Å². The second-order valence-electron chi connectivity index (χ2n) is 3.30. The predicted octanol–water partition coefficient (Wildman–Crippen LogP) is 2.11. The first-order valence-electron chi connectivity index (χ1n) is 5.86. The molecule has 0 aliphatic carbocycles. The topological polar surface area (TPSA) is 15.3 Å². The number of nitrogens with zero attached hydrogens (tertiary/aromatic N) is 1. The van der Waals surface area contributed by atoms with E-state index in [-0.39, 0.29) is 0 Å². The molecule has 0 atom stereocenters. The summed E-state index contributed by atoms with van der Waals surface area (Å²) in [5.41, 5.74) is 0. The number of nitrogens with one attached hydrogen (secondary N) is 1. The van der Waals surface area contributed by atoms with Crippen LogP contribution in [0.2, 0.25) is 0 Å². The molecule has 1 aliphatic heterocycles. The Morgan fingerprint density at radius 3 is 2.62 bits per heavy atom. The Bertz CT molecular complexity index is 86.1. The molecule has 0 bridgehead atoms. The summed E-state index contributed by atoms with van der Waals surface area (Å²) in [7, 11) is 0. The van der Waals surface area contributed by atoms with E-state index < -0.39 is 0 Å². The summed E-state index contributed by atoms with van der Waals surface area (Å²) in [5, 5.41) is 3.41. The predicted molar refractivity (Wildman–Crippen MR) is 60.2 cm³/mol. The first-order chi connectivity index (χ1) is 6.43. The zero-order valence-electron chi connectivity index (χ0n) is 9.60. The van der Waals surface area contributed by atoms with E-state index in [1.54, 1.807) is 0 Å².